The molecule has 4 heteroatoms. The van der Waals surface area contributed by atoms with Gasteiger partial charge in [-0.15, -0.1) is 0 Å². The number of hydrogen-bond donors (Lipinski definition) is 3. The normalized spacial score (nSPS) is 22.0. The lowest BCUT2D eigenvalue weighted by Crippen LogP contribution is -2.50. The first-order chi connectivity index (χ1) is 8.91. The highest BCUT2D eigenvalue weighted by Gasteiger charge is 2.27. The van der Waals surface area contributed by atoms with E-state index in [2.05, 4.69) is 5.32 Å². The molecule has 19 heavy (non-hydrogen) atoms. The van der Waals surface area contributed by atoms with Crippen LogP contribution in [-0.2, 0) is 4.79 Å². The fraction of sp³-hybridized carbons (Fsp3) is 0.933. The van der Waals surface area contributed by atoms with Gasteiger partial charge in [0.15, 0.2) is 0 Å². The first-order valence-electron chi connectivity index (χ1n) is 7.65. The van der Waals surface area contributed by atoms with Crippen molar-refractivity contribution < 1.29 is 9.90 Å². The summed E-state index contributed by atoms with van der Waals surface area (Å²) in [5.74, 6) is 0.601. The highest BCUT2D eigenvalue weighted by Crippen LogP contribution is 2.27. The maximum atomic E-state index is 11.9. The Labute approximate surface area is 117 Å². The van der Waals surface area contributed by atoms with Crippen molar-refractivity contribution in [3.8, 4) is 0 Å². The Hall–Kier alpha value is -0.610. The second-order valence-electron chi connectivity index (χ2n) is 6.39. The van der Waals surface area contributed by atoms with Crippen molar-refractivity contribution in [3.05, 3.63) is 0 Å². The van der Waals surface area contributed by atoms with E-state index in [0.29, 0.717) is 11.8 Å². The van der Waals surface area contributed by atoms with Crippen molar-refractivity contribution in [3.63, 3.8) is 0 Å². The lowest BCUT2D eigenvalue weighted by atomic mass is 9.84. The first-order valence-corrected chi connectivity index (χ1v) is 7.65. The summed E-state index contributed by atoms with van der Waals surface area (Å²) in [5.41, 5.74) is 5.99. The topological polar surface area (TPSA) is 75.3 Å². The molecule has 112 valence electrons. The number of carbonyl (C=O) groups excluding carboxylic acids is 1. The van der Waals surface area contributed by atoms with Crippen LogP contribution in [0.25, 0.3) is 0 Å². The van der Waals surface area contributed by atoms with Gasteiger partial charge < -0.3 is 16.2 Å². The number of rotatable bonds is 6. The summed E-state index contributed by atoms with van der Waals surface area (Å²) < 4.78 is 0. The maximum Gasteiger partial charge on any atom is 0.250 e. The molecule has 2 unspecified atom stereocenters. The third-order valence-electron chi connectivity index (χ3n) is 4.37. The summed E-state index contributed by atoms with van der Waals surface area (Å²) in [7, 11) is 0. The summed E-state index contributed by atoms with van der Waals surface area (Å²) in [6.45, 7) is 6.03. The lowest BCUT2D eigenvalue weighted by Gasteiger charge is -2.27. The SMILES string of the molecule is CC(C)C(C)NC(=O)C(O)[C@H](N)CC1CCCCC1. The average Bonchev–Trinajstić information content (AvgIpc) is 2.38. The summed E-state index contributed by atoms with van der Waals surface area (Å²) in [5, 5.41) is 12.8. The number of amides is 1. The molecular formula is C15H30N2O2. The molecule has 0 aromatic rings. The number of hydrogen-bond acceptors (Lipinski definition) is 3. The minimum Gasteiger partial charge on any atom is -0.382 e. The molecule has 1 fully saturated rings. The minimum absolute atomic E-state index is 0.0593. The highest BCUT2D eigenvalue weighted by molar-refractivity contribution is 5.81. The van der Waals surface area contributed by atoms with Gasteiger partial charge in [-0.25, -0.2) is 0 Å². The van der Waals surface area contributed by atoms with E-state index in [9.17, 15) is 9.90 Å². The quantitative estimate of drug-likeness (QED) is 0.689. The fourth-order valence-corrected chi connectivity index (χ4v) is 2.61. The average molecular weight is 270 g/mol. The zero-order valence-corrected chi connectivity index (χ0v) is 12.6. The standard InChI is InChI=1S/C15H30N2O2/c1-10(2)11(3)17-15(19)14(18)13(16)9-12-7-5-4-6-8-12/h10-14,18H,4-9,16H2,1-3H3,(H,17,19)/t11?,13-,14?/m1/s1. The molecule has 0 heterocycles. The van der Waals surface area contributed by atoms with Gasteiger partial charge in [0, 0.05) is 12.1 Å². The summed E-state index contributed by atoms with van der Waals surface area (Å²) >= 11 is 0. The Bertz CT molecular complexity index is 275. The number of nitrogens with two attached hydrogens (primary N) is 1. The molecule has 0 saturated heterocycles. The van der Waals surface area contributed by atoms with Crippen molar-refractivity contribution in [2.24, 2.45) is 17.6 Å². The van der Waals surface area contributed by atoms with E-state index < -0.39 is 12.1 Å². The van der Waals surface area contributed by atoms with Gasteiger partial charge in [0.05, 0.1) is 0 Å². The van der Waals surface area contributed by atoms with E-state index in [-0.39, 0.29) is 11.9 Å². The maximum absolute atomic E-state index is 11.9. The van der Waals surface area contributed by atoms with E-state index >= 15 is 0 Å². The monoisotopic (exact) mass is 270 g/mol. The van der Waals surface area contributed by atoms with Crippen LogP contribution in [0.15, 0.2) is 0 Å². The molecule has 1 rings (SSSR count). The van der Waals surface area contributed by atoms with Crippen LogP contribution >= 0.6 is 0 Å². The molecule has 0 aliphatic heterocycles. The Morgan fingerprint density at radius 3 is 2.37 bits per heavy atom. The first kappa shape index (κ1) is 16.4. The molecule has 0 radical (unpaired) electrons. The van der Waals surface area contributed by atoms with Gasteiger partial charge in [-0.05, 0) is 25.2 Å². The molecule has 0 aromatic heterocycles. The zero-order valence-electron chi connectivity index (χ0n) is 12.6. The number of carbonyl (C=O) groups is 1. The van der Waals surface area contributed by atoms with Crippen molar-refractivity contribution in [1.29, 1.82) is 0 Å². The highest BCUT2D eigenvalue weighted by atomic mass is 16.3. The Morgan fingerprint density at radius 1 is 1.26 bits per heavy atom. The largest absolute Gasteiger partial charge is 0.382 e. The zero-order chi connectivity index (χ0) is 14.4. The number of nitrogens with one attached hydrogen (secondary N) is 1. The second-order valence-corrected chi connectivity index (χ2v) is 6.39. The van der Waals surface area contributed by atoms with Gasteiger partial charge in [0.2, 0.25) is 0 Å². The van der Waals surface area contributed by atoms with Gasteiger partial charge >= 0.3 is 0 Å². The van der Waals surface area contributed by atoms with Crippen LogP contribution in [0.5, 0.6) is 0 Å². The third kappa shape index (κ3) is 5.49. The fourth-order valence-electron chi connectivity index (χ4n) is 2.61. The molecule has 4 nitrogen and oxygen atoms in total. The molecule has 0 spiro atoms. The van der Waals surface area contributed by atoms with Gasteiger partial charge in [-0.2, -0.15) is 0 Å². The van der Waals surface area contributed by atoms with Gasteiger partial charge in [-0.1, -0.05) is 46.0 Å². The van der Waals surface area contributed by atoms with Crippen LogP contribution in [0.3, 0.4) is 0 Å². The predicted octanol–water partition coefficient (Wildman–Crippen LogP) is 1.81. The molecule has 1 amide bonds. The number of aliphatic hydroxyl groups is 1. The summed E-state index contributed by atoms with van der Waals surface area (Å²) in [4.78, 5) is 11.9. The molecule has 3 atom stereocenters. The smallest absolute Gasteiger partial charge is 0.250 e. The van der Waals surface area contributed by atoms with E-state index in [4.69, 9.17) is 5.73 Å². The van der Waals surface area contributed by atoms with Crippen LogP contribution in [0.4, 0.5) is 0 Å². The molecular weight excluding hydrogens is 240 g/mol. The van der Waals surface area contributed by atoms with Crippen molar-refractivity contribution in [1.82, 2.24) is 5.32 Å². The van der Waals surface area contributed by atoms with Crippen molar-refractivity contribution in [2.75, 3.05) is 0 Å². The number of aliphatic hydroxyl groups excluding tert-OH is 1. The molecule has 4 N–H and O–H groups in total. The Morgan fingerprint density at radius 2 is 1.84 bits per heavy atom. The van der Waals surface area contributed by atoms with E-state index in [0.717, 1.165) is 6.42 Å². The van der Waals surface area contributed by atoms with Crippen molar-refractivity contribution >= 4 is 5.91 Å². The molecule has 1 saturated carbocycles. The van der Waals surface area contributed by atoms with E-state index in [1.54, 1.807) is 0 Å². The molecule has 1 aliphatic carbocycles. The van der Waals surface area contributed by atoms with Crippen LogP contribution < -0.4 is 11.1 Å². The second kappa shape index (κ2) is 7.85. The molecule has 1 aliphatic rings. The lowest BCUT2D eigenvalue weighted by molar-refractivity contribution is -0.131. The van der Waals surface area contributed by atoms with E-state index in [1.165, 1.54) is 32.1 Å². The molecule has 0 aromatic carbocycles. The predicted molar refractivity (Wildman–Crippen MR) is 77.6 cm³/mol. The Balaban J connectivity index is 2.37. The Kier molecular flexibility index (Phi) is 6.80. The van der Waals surface area contributed by atoms with Crippen molar-refractivity contribution in [2.45, 2.75) is 77.5 Å². The van der Waals surface area contributed by atoms with Gasteiger partial charge in [-0.3, -0.25) is 4.79 Å². The molecule has 0 bridgehead atoms. The van der Waals surface area contributed by atoms with Gasteiger partial charge in [0.25, 0.3) is 5.91 Å². The summed E-state index contributed by atoms with van der Waals surface area (Å²) in [6.07, 6.45) is 5.86. The third-order valence-corrected chi connectivity index (χ3v) is 4.37. The van der Waals surface area contributed by atoms with Gasteiger partial charge in [0.1, 0.15) is 6.10 Å². The van der Waals surface area contributed by atoms with Crippen LogP contribution in [0.2, 0.25) is 0 Å². The minimum atomic E-state index is -1.08. The van der Waals surface area contributed by atoms with Crippen LogP contribution in [0, 0.1) is 11.8 Å². The van der Waals surface area contributed by atoms with E-state index in [1.807, 2.05) is 20.8 Å². The van der Waals surface area contributed by atoms with Crippen LogP contribution in [-0.4, -0.2) is 29.2 Å². The van der Waals surface area contributed by atoms with Crippen LogP contribution in [0.1, 0.15) is 59.3 Å². The summed E-state index contributed by atoms with van der Waals surface area (Å²) in [6, 6.07) is -0.383.